The predicted molar refractivity (Wildman–Crippen MR) is 97.7 cm³/mol. The normalized spacial score (nSPS) is 11.7. The van der Waals surface area contributed by atoms with E-state index < -0.39 is 6.04 Å². The van der Waals surface area contributed by atoms with Crippen molar-refractivity contribution in [3.05, 3.63) is 101 Å². The molecule has 0 bridgehead atoms. The van der Waals surface area contributed by atoms with Gasteiger partial charge < -0.3 is 5.32 Å². The Morgan fingerprint density at radius 1 is 0.783 bits per heavy atom. The molecule has 1 N–H and O–H groups in total. The Hall–Kier alpha value is -2.39. The highest BCUT2D eigenvalue weighted by Crippen LogP contribution is 2.24. The molecule has 0 amide bonds. The summed E-state index contributed by atoms with van der Waals surface area (Å²) in [4.78, 5) is 12.9. The summed E-state index contributed by atoms with van der Waals surface area (Å²) in [5.74, 6) is 0.0553. The van der Waals surface area contributed by atoms with Gasteiger partial charge in [-0.25, -0.2) is 0 Å². The number of halogens is 1. The maximum absolute atomic E-state index is 12.9. The second-order valence-corrected chi connectivity index (χ2v) is 6.14. The van der Waals surface area contributed by atoms with Crippen LogP contribution in [0.1, 0.15) is 22.0 Å². The molecule has 0 radical (unpaired) electrons. The van der Waals surface area contributed by atoms with Gasteiger partial charge in [0.25, 0.3) is 0 Å². The lowest BCUT2D eigenvalue weighted by Crippen LogP contribution is -2.21. The fraction of sp³-hybridized carbons (Fsp3) is 0.0500. The van der Waals surface area contributed by atoms with Gasteiger partial charge in [-0.05, 0) is 29.8 Å². The maximum Gasteiger partial charge on any atom is 0.189 e. The van der Waals surface area contributed by atoms with E-state index in [1.807, 2.05) is 84.9 Å². The summed E-state index contributed by atoms with van der Waals surface area (Å²) in [6, 6.07) is 26.6. The van der Waals surface area contributed by atoms with Crippen LogP contribution in [0.25, 0.3) is 0 Å². The minimum Gasteiger partial charge on any atom is -0.371 e. The molecule has 0 fully saturated rings. The Labute approximate surface area is 144 Å². The van der Waals surface area contributed by atoms with Gasteiger partial charge in [-0.2, -0.15) is 0 Å². The molecule has 3 aromatic carbocycles. The lowest BCUT2D eigenvalue weighted by atomic mass is 9.97. The maximum atomic E-state index is 12.9. The third-order valence-electron chi connectivity index (χ3n) is 3.61. The number of benzene rings is 3. The van der Waals surface area contributed by atoms with Crippen LogP contribution in [0.15, 0.2) is 89.4 Å². The molecule has 3 rings (SSSR count). The predicted octanol–water partition coefficient (Wildman–Crippen LogP) is 5.49. The van der Waals surface area contributed by atoms with Gasteiger partial charge in [0.1, 0.15) is 6.04 Å². The largest absolute Gasteiger partial charge is 0.371 e. The van der Waals surface area contributed by atoms with Gasteiger partial charge in [-0.15, -0.1) is 0 Å². The second kappa shape index (κ2) is 7.25. The molecule has 1 atom stereocenters. The van der Waals surface area contributed by atoms with Gasteiger partial charge in [0.15, 0.2) is 5.78 Å². The highest BCUT2D eigenvalue weighted by atomic mass is 79.9. The van der Waals surface area contributed by atoms with E-state index in [-0.39, 0.29) is 5.78 Å². The van der Waals surface area contributed by atoms with Gasteiger partial charge in [0.05, 0.1) is 0 Å². The first-order chi connectivity index (χ1) is 11.2. The molecule has 0 spiro atoms. The Balaban J connectivity index is 1.94. The smallest absolute Gasteiger partial charge is 0.189 e. The minimum atomic E-state index is -0.417. The molecule has 0 saturated carbocycles. The Kier molecular flexibility index (Phi) is 4.89. The van der Waals surface area contributed by atoms with Crippen molar-refractivity contribution in [2.24, 2.45) is 0 Å². The van der Waals surface area contributed by atoms with Gasteiger partial charge in [0, 0.05) is 15.7 Å². The average molecular weight is 366 g/mol. The van der Waals surface area contributed by atoms with Crippen LogP contribution >= 0.6 is 15.9 Å². The number of hydrogen-bond acceptors (Lipinski definition) is 2. The van der Waals surface area contributed by atoms with Crippen molar-refractivity contribution >= 4 is 27.4 Å². The Bertz CT molecular complexity index is 770. The van der Waals surface area contributed by atoms with Gasteiger partial charge in [-0.3, -0.25) is 4.79 Å². The quantitative estimate of drug-likeness (QED) is 0.606. The summed E-state index contributed by atoms with van der Waals surface area (Å²) in [7, 11) is 0. The summed E-state index contributed by atoms with van der Waals surface area (Å²) in [6.07, 6.45) is 0. The minimum absolute atomic E-state index is 0.0553. The van der Waals surface area contributed by atoms with Crippen molar-refractivity contribution in [3.63, 3.8) is 0 Å². The number of Topliss-reactive ketones (excluding diaryl/α,β-unsaturated/α-hetero) is 1. The zero-order valence-corrected chi connectivity index (χ0v) is 14.0. The van der Waals surface area contributed by atoms with Crippen molar-refractivity contribution < 1.29 is 4.79 Å². The molecule has 0 aromatic heterocycles. The van der Waals surface area contributed by atoms with E-state index in [0.717, 1.165) is 15.7 Å². The molecule has 3 heteroatoms. The van der Waals surface area contributed by atoms with Crippen LogP contribution in [0.4, 0.5) is 5.69 Å². The number of nitrogens with one attached hydrogen (secondary N) is 1. The van der Waals surface area contributed by atoms with E-state index in [2.05, 4.69) is 21.2 Å². The molecule has 23 heavy (non-hydrogen) atoms. The fourth-order valence-electron chi connectivity index (χ4n) is 2.43. The van der Waals surface area contributed by atoms with Gasteiger partial charge >= 0.3 is 0 Å². The monoisotopic (exact) mass is 365 g/mol. The van der Waals surface area contributed by atoms with E-state index in [0.29, 0.717) is 5.56 Å². The van der Waals surface area contributed by atoms with Crippen LogP contribution in [0.3, 0.4) is 0 Å². The SMILES string of the molecule is O=C(c1ccccc1)C(Nc1ccc(Br)cc1)c1ccccc1. The zero-order valence-electron chi connectivity index (χ0n) is 12.4. The van der Waals surface area contributed by atoms with Crippen molar-refractivity contribution in [2.45, 2.75) is 6.04 Å². The van der Waals surface area contributed by atoms with Crippen molar-refractivity contribution in [2.75, 3.05) is 5.32 Å². The first-order valence-corrected chi connectivity index (χ1v) is 8.19. The van der Waals surface area contributed by atoms with E-state index in [4.69, 9.17) is 0 Å². The number of ketones is 1. The summed E-state index contributed by atoms with van der Waals surface area (Å²) < 4.78 is 1.01. The standard InChI is InChI=1S/C20H16BrNO/c21-17-11-13-18(14-12-17)22-19(15-7-3-1-4-8-15)20(23)16-9-5-2-6-10-16/h1-14,19,22H. The molecule has 1 unspecified atom stereocenters. The summed E-state index contributed by atoms with van der Waals surface area (Å²) in [5, 5.41) is 3.35. The van der Waals surface area contributed by atoms with Crippen LogP contribution in [-0.4, -0.2) is 5.78 Å². The molecule has 0 heterocycles. The number of rotatable bonds is 5. The highest BCUT2D eigenvalue weighted by molar-refractivity contribution is 9.10. The molecule has 2 nitrogen and oxygen atoms in total. The number of hydrogen-bond donors (Lipinski definition) is 1. The second-order valence-electron chi connectivity index (χ2n) is 5.23. The van der Waals surface area contributed by atoms with Crippen LogP contribution in [-0.2, 0) is 0 Å². The third kappa shape index (κ3) is 3.88. The summed E-state index contributed by atoms with van der Waals surface area (Å²) >= 11 is 3.43. The summed E-state index contributed by atoms with van der Waals surface area (Å²) in [6.45, 7) is 0. The lowest BCUT2D eigenvalue weighted by molar-refractivity contribution is 0.0969. The van der Waals surface area contributed by atoms with Crippen LogP contribution in [0.5, 0.6) is 0 Å². The van der Waals surface area contributed by atoms with E-state index in [1.165, 1.54) is 0 Å². The average Bonchev–Trinajstić information content (AvgIpc) is 2.62. The lowest BCUT2D eigenvalue weighted by Gasteiger charge is -2.19. The zero-order chi connectivity index (χ0) is 16.1. The molecule has 3 aromatic rings. The molecule has 0 aliphatic carbocycles. The fourth-order valence-corrected chi connectivity index (χ4v) is 2.69. The van der Waals surface area contributed by atoms with Crippen molar-refractivity contribution in [3.8, 4) is 0 Å². The van der Waals surface area contributed by atoms with E-state index in [1.54, 1.807) is 0 Å². The Morgan fingerprint density at radius 3 is 1.96 bits per heavy atom. The van der Waals surface area contributed by atoms with E-state index >= 15 is 0 Å². The Morgan fingerprint density at radius 2 is 1.35 bits per heavy atom. The molecular formula is C20H16BrNO. The van der Waals surface area contributed by atoms with Crippen molar-refractivity contribution in [1.29, 1.82) is 0 Å². The number of carbonyl (C=O) groups is 1. The number of anilines is 1. The topological polar surface area (TPSA) is 29.1 Å². The molecule has 0 saturated heterocycles. The van der Waals surface area contributed by atoms with E-state index in [9.17, 15) is 4.79 Å². The number of carbonyl (C=O) groups excluding carboxylic acids is 1. The molecular weight excluding hydrogens is 350 g/mol. The highest BCUT2D eigenvalue weighted by Gasteiger charge is 2.21. The van der Waals surface area contributed by atoms with Gasteiger partial charge in [0.2, 0.25) is 0 Å². The molecule has 0 aliphatic rings. The van der Waals surface area contributed by atoms with Crippen LogP contribution in [0, 0.1) is 0 Å². The summed E-state index contributed by atoms with van der Waals surface area (Å²) in [5.41, 5.74) is 2.56. The first-order valence-electron chi connectivity index (χ1n) is 7.40. The van der Waals surface area contributed by atoms with Gasteiger partial charge in [-0.1, -0.05) is 76.6 Å². The molecule has 114 valence electrons. The first kappa shape index (κ1) is 15.5. The third-order valence-corrected chi connectivity index (χ3v) is 4.14. The van der Waals surface area contributed by atoms with Crippen LogP contribution in [0.2, 0.25) is 0 Å². The van der Waals surface area contributed by atoms with Crippen LogP contribution < -0.4 is 5.32 Å². The molecule has 0 aliphatic heterocycles. The van der Waals surface area contributed by atoms with Crippen molar-refractivity contribution in [1.82, 2.24) is 0 Å².